The maximum Gasteiger partial charge on any atom is 0.248 e. The van der Waals surface area contributed by atoms with Crippen LogP contribution >= 0.6 is 0 Å². The number of carbonyl (C=O) groups is 1. The van der Waals surface area contributed by atoms with Crippen LogP contribution in [0.4, 0.5) is 0 Å². The second-order valence-electron chi connectivity index (χ2n) is 15.0. The van der Waals surface area contributed by atoms with Crippen molar-refractivity contribution in [2.75, 3.05) is 0 Å². The van der Waals surface area contributed by atoms with Crippen LogP contribution in [0.25, 0.3) is 60.6 Å². The van der Waals surface area contributed by atoms with Gasteiger partial charge in [0, 0.05) is 44.0 Å². The van der Waals surface area contributed by atoms with Gasteiger partial charge >= 0.3 is 0 Å². The van der Waals surface area contributed by atoms with E-state index >= 15 is 0 Å². The second kappa shape index (κ2) is 9.51. The molecule has 0 aliphatic carbocycles. The zero-order chi connectivity index (χ0) is 35.7. The molecule has 5 nitrogen and oxygen atoms in total. The van der Waals surface area contributed by atoms with Gasteiger partial charge in [0.25, 0.3) is 0 Å². The third kappa shape index (κ3) is 3.13. The molecule has 2 aromatic heterocycles. The zero-order valence-electron chi connectivity index (χ0n) is 28.7. The minimum atomic E-state index is -0.283. The van der Waals surface area contributed by atoms with Crippen molar-refractivity contribution in [2.24, 2.45) is 0 Å². The monoisotopic (exact) mass is 686 g/mol. The summed E-state index contributed by atoms with van der Waals surface area (Å²) in [5.41, 5.74) is 16.0. The van der Waals surface area contributed by atoms with Gasteiger partial charge in [0.05, 0.1) is 22.1 Å². The van der Waals surface area contributed by atoms with Crippen LogP contribution in [0.3, 0.4) is 0 Å². The molecular formula is C47H24B2N2O3. The van der Waals surface area contributed by atoms with Crippen molar-refractivity contribution in [2.45, 2.75) is 0 Å². The molecule has 13 rings (SSSR count). The molecule has 0 unspecified atom stereocenters. The van der Waals surface area contributed by atoms with Crippen LogP contribution in [-0.2, 0) is 0 Å². The summed E-state index contributed by atoms with van der Waals surface area (Å²) in [5.74, 6) is -0.0206. The molecule has 6 heterocycles. The normalized spacial score (nSPS) is 14.1. The van der Waals surface area contributed by atoms with Gasteiger partial charge < -0.3 is 9.13 Å². The Kier molecular flexibility index (Phi) is 5.04. The Hall–Kier alpha value is -6.98. The molecule has 0 spiro atoms. The van der Waals surface area contributed by atoms with E-state index in [1.165, 1.54) is 0 Å². The standard InChI is InChI=1S/C47H24B2N2O3/c1-24-25-10-2-6-14-33(25)48-35-22-36-40(23-39(35)50-37-16-8-4-12-28(37)46(53)31-20-18-26(24)41(48)43(31)50)51-38-17-9-5-13-29(38)47(54)32-21-19-30-42(44(32)51)49(36)34-15-7-3-11-27(34)45(30)52/h2-23H,1H2. The van der Waals surface area contributed by atoms with E-state index in [1.54, 1.807) is 0 Å². The predicted molar refractivity (Wildman–Crippen MR) is 221 cm³/mol. The highest BCUT2D eigenvalue weighted by Gasteiger charge is 2.45. The average Bonchev–Trinajstić information content (AvgIpc) is 3.22. The molecule has 246 valence electrons. The van der Waals surface area contributed by atoms with E-state index in [0.717, 1.165) is 82.9 Å². The molecule has 7 heteroatoms. The number of ketones is 1. The van der Waals surface area contributed by atoms with Crippen LogP contribution in [0.1, 0.15) is 27.0 Å². The lowest BCUT2D eigenvalue weighted by molar-refractivity contribution is 0.104. The Morgan fingerprint density at radius 2 is 0.907 bits per heavy atom. The summed E-state index contributed by atoms with van der Waals surface area (Å²) < 4.78 is 4.52. The summed E-state index contributed by atoms with van der Waals surface area (Å²) in [6.07, 6.45) is 0. The van der Waals surface area contributed by atoms with Crippen molar-refractivity contribution >= 4 is 101 Å². The van der Waals surface area contributed by atoms with Gasteiger partial charge in [0.15, 0.2) is 16.6 Å². The summed E-state index contributed by atoms with van der Waals surface area (Å²) in [7, 11) is 0. The fourth-order valence-corrected chi connectivity index (χ4v) is 10.6. The van der Waals surface area contributed by atoms with Crippen molar-refractivity contribution in [3.05, 3.63) is 183 Å². The molecule has 0 saturated carbocycles. The van der Waals surface area contributed by atoms with Gasteiger partial charge in [-0.3, -0.25) is 14.4 Å². The number of hydrogen-bond acceptors (Lipinski definition) is 3. The molecule has 4 aliphatic rings. The maximum atomic E-state index is 14.3. The summed E-state index contributed by atoms with van der Waals surface area (Å²) in [6, 6.07) is 44.5. The first kappa shape index (κ1) is 28.6. The molecule has 0 saturated heterocycles. The van der Waals surface area contributed by atoms with Gasteiger partial charge in [-0.1, -0.05) is 109 Å². The third-order valence-corrected chi connectivity index (χ3v) is 12.7. The molecule has 0 radical (unpaired) electrons. The molecule has 9 aromatic rings. The minimum absolute atomic E-state index is 0.0160. The topological polar surface area (TPSA) is 61.1 Å². The zero-order valence-corrected chi connectivity index (χ0v) is 28.7. The predicted octanol–water partition coefficient (Wildman–Crippen LogP) is 4.18. The summed E-state index contributed by atoms with van der Waals surface area (Å²) >= 11 is 0. The molecular weight excluding hydrogens is 662 g/mol. The molecule has 0 fully saturated rings. The summed E-state index contributed by atoms with van der Waals surface area (Å²) in [6.45, 7) is 4.16. The number of para-hydroxylation sites is 2. The Balaban J connectivity index is 1.29. The number of nitrogens with zero attached hydrogens (tertiary/aromatic N) is 2. The Morgan fingerprint density at radius 1 is 0.426 bits per heavy atom. The minimum Gasteiger partial charge on any atom is -0.310 e. The average molecular weight is 686 g/mol. The Bertz CT molecular complexity index is 3280. The second-order valence-corrected chi connectivity index (χ2v) is 15.0. The number of rotatable bonds is 0. The van der Waals surface area contributed by atoms with Crippen LogP contribution in [0, 0.1) is 0 Å². The lowest BCUT2D eigenvalue weighted by atomic mass is 9.29. The number of benzene rings is 7. The molecule has 7 aromatic carbocycles. The largest absolute Gasteiger partial charge is 0.310 e. The van der Waals surface area contributed by atoms with Gasteiger partial charge in [-0.25, -0.2) is 0 Å². The third-order valence-electron chi connectivity index (χ3n) is 12.7. The van der Waals surface area contributed by atoms with Gasteiger partial charge in [-0.15, -0.1) is 0 Å². The van der Waals surface area contributed by atoms with Gasteiger partial charge in [0.2, 0.25) is 13.4 Å². The fraction of sp³-hybridized carbons (Fsp3) is 0. The number of fused-ring (bicyclic) bond motifs is 14. The lowest BCUT2D eigenvalue weighted by Crippen LogP contribution is -2.65. The maximum absolute atomic E-state index is 14.3. The SMILES string of the molecule is C=C1c2ccccc2B2c3cc4c(cc3-n3c5ccccc5c(=O)c5ccc1c2c53)-n1c2ccccc2c(=O)c2ccc3c(c21)B4c1ccccc1C3=O. The van der Waals surface area contributed by atoms with Crippen molar-refractivity contribution in [1.82, 2.24) is 9.13 Å². The van der Waals surface area contributed by atoms with Crippen molar-refractivity contribution in [3.8, 4) is 11.4 Å². The smallest absolute Gasteiger partial charge is 0.248 e. The molecule has 0 amide bonds. The molecule has 54 heavy (non-hydrogen) atoms. The molecule has 0 bridgehead atoms. The van der Waals surface area contributed by atoms with E-state index in [2.05, 4.69) is 64.2 Å². The summed E-state index contributed by atoms with van der Waals surface area (Å²) in [4.78, 5) is 42.9. The highest BCUT2D eigenvalue weighted by atomic mass is 16.1. The van der Waals surface area contributed by atoms with Crippen molar-refractivity contribution in [3.63, 3.8) is 0 Å². The summed E-state index contributed by atoms with van der Waals surface area (Å²) in [5, 5.41) is 2.56. The van der Waals surface area contributed by atoms with E-state index in [-0.39, 0.29) is 30.1 Å². The van der Waals surface area contributed by atoms with E-state index in [1.807, 2.05) is 84.9 Å². The Labute approximate surface area is 308 Å². The molecule has 4 aliphatic heterocycles. The fourth-order valence-electron chi connectivity index (χ4n) is 10.6. The quantitative estimate of drug-likeness (QED) is 0.178. The highest BCUT2D eigenvalue weighted by molar-refractivity contribution is 7.02. The molecule has 0 N–H and O–H groups in total. The highest BCUT2D eigenvalue weighted by Crippen LogP contribution is 2.36. The Morgan fingerprint density at radius 3 is 1.52 bits per heavy atom. The lowest BCUT2D eigenvalue weighted by Gasteiger charge is -2.39. The van der Waals surface area contributed by atoms with Crippen LogP contribution in [-0.4, -0.2) is 28.3 Å². The first-order valence-electron chi connectivity index (χ1n) is 18.3. The van der Waals surface area contributed by atoms with Crippen LogP contribution in [0.15, 0.2) is 150 Å². The first-order chi connectivity index (χ1) is 26.5. The van der Waals surface area contributed by atoms with E-state index in [0.29, 0.717) is 32.7 Å². The van der Waals surface area contributed by atoms with Crippen molar-refractivity contribution in [1.29, 1.82) is 0 Å². The number of hydrogen-bond donors (Lipinski definition) is 0. The van der Waals surface area contributed by atoms with E-state index in [4.69, 9.17) is 0 Å². The van der Waals surface area contributed by atoms with E-state index < -0.39 is 0 Å². The molecule has 0 atom stereocenters. The van der Waals surface area contributed by atoms with Gasteiger partial charge in [-0.2, -0.15) is 0 Å². The number of carbonyl (C=O) groups excluding carboxylic acids is 1. The number of pyridine rings is 2. The first-order valence-corrected chi connectivity index (χ1v) is 18.3. The van der Waals surface area contributed by atoms with Crippen molar-refractivity contribution < 1.29 is 4.79 Å². The van der Waals surface area contributed by atoms with Crippen LogP contribution in [0.5, 0.6) is 0 Å². The number of aromatic nitrogens is 2. The van der Waals surface area contributed by atoms with Gasteiger partial charge in [0.1, 0.15) is 0 Å². The van der Waals surface area contributed by atoms with Crippen LogP contribution < -0.4 is 43.6 Å². The van der Waals surface area contributed by atoms with E-state index in [9.17, 15) is 14.4 Å². The van der Waals surface area contributed by atoms with Gasteiger partial charge in [-0.05, 0) is 81.0 Å². The van der Waals surface area contributed by atoms with Crippen LogP contribution in [0.2, 0.25) is 0 Å².